The lowest BCUT2D eigenvalue weighted by Crippen LogP contribution is -2.45. The highest BCUT2D eigenvalue weighted by molar-refractivity contribution is 5.84. The number of esters is 1. The van der Waals surface area contributed by atoms with Crippen LogP contribution in [-0.2, 0) is 19.1 Å². The summed E-state index contributed by atoms with van der Waals surface area (Å²) in [4.78, 5) is 35.8. The van der Waals surface area contributed by atoms with Gasteiger partial charge in [0.05, 0.1) is 0 Å². The van der Waals surface area contributed by atoms with E-state index in [4.69, 9.17) is 14.6 Å². The third-order valence-electron chi connectivity index (χ3n) is 2.79. The van der Waals surface area contributed by atoms with E-state index in [0.717, 1.165) is 0 Å². The highest BCUT2D eigenvalue weighted by Crippen LogP contribution is 2.22. The molecule has 0 spiro atoms. The zero-order valence-electron chi connectivity index (χ0n) is 12.2. The molecule has 7 heteroatoms. The number of carbonyl (C=O) groups excluding carboxylic acids is 2. The molecule has 0 saturated carbocycles. The molecule has 0 aromatic carbocycles. The molecule has 2 atom stereocenters. The molecule has 0 aromatic rings. The van der Waals surface area contributed by atoms with E-state index >= 15 is 0 Å². The summed E-state index contributed by atoms with van der Waals surface area (Å²) >= 11 is 0. The molecule has 1 heterocycles. The number of rotatable bonds is 3. The number of carbonyl (C=O) groups is 3. The molecule has 114 valence electrons. The van der Waals surface area contributed by atoms with Crippen molar-refractivity contribution in [2.24, 2.45) is 0 Å². The van der Waals surface area contributed by atoms with Crippen molar-refractivity contribution in [3.63, 3.8) is 0 Å². The van der Waals surface area contributed by atoms with Crippen LogP contribution in [0.15, 0.2) is 0 Å². The Labute approximate surface area is 117 Å². The normalized spacial score (nSPS) is 20.4. The van der Waals surface area contributed by atoms with Gasteiger partial charge in [0.25, 0.3) is 0 Å². The highest BCUT2D eigenvalue weighted by atomic mass is 16.6. The number of ether oxygens (including phenoxy) is 2. The van der Waals surface area contributed by atoms with Gasteiger partial charge in [0.1, 0.15) is 11.6 Å². The van der Waals surface area contributed by atoms with E-state index in [-0.39, 0.29) is 0 Å². The average Bonchev–Trinajstić information content (AvgIpc) is 2.74. The van der Waals surface area contributed by atoms with Gasteiger partial charge in [-0.05, 0) is 40.5 Å². The Morgan fingerprint density at radius 2 is 1.90 bits per heavy atom. The van der Waals surface area contributed by atoms with E-state index < -0.39 is 35.8 Å². The van der Waals surface area contributed by atoms with Crippen molar-refractivity contribution in [2.75, 3.05) is 6.54 Å². The number of amides is 1. The van der Waals surface area contributed by atoms with Crippen molar-refractivity contribution < 1.29 is 29.0 Å². The molecule has 1 rings (SSSR count). The highest BCUT2D eigenvalue weighted by Gasteiger charge is 2.38. The van der Waals surface area contributed by atoms with E-state index in [0.29, 0.717) is 19.4 Å². The molecular formula is C13H21NO6. The number of hydrogen-bond donors (Lipinski definition) is 1. The van der Waals surface area contributed by atoms with Gasteiger partial charge in [0.15, 0.2) is 6.10 Å². The molecule has 0 bridgehead atoms. The quantitative estimate of drug-likeness (QED) is 0.789. The number of carboxylic acids is 1. The van der Waals surface area contributed by atoms with Gasteiger partial charge in [-0.3, -0.25) is 4.90 Å². The SMILES string of the molecule is C[C@@H](OC(=O)[C@@H]1CCCN1C(=O)OC(C)(C)C)C(=O)O. The molecule has 0 aliphatic carbocycles. The first kappa shape index (κ1) is 16.3. The zero-order valence-corrected chi connectivity index (χ0v) is 12.2. The Bertz CT molecular complexity index is 400. The first-order chi connectivity index (χ1) is 9.11. The summed E-state index contributed by atoms with van der Waals surface area (Å²) in [5.41, 5.74) is -0.650. The first-order valence-corrected chi connectivity index (χ1v) is 6.55. The van der Waals surface area contributed by atoms with Gasteiger partial charge in [-0.1, -0.05) is 0 Å². The molecule has 1 aliphatic rings. The van der Waals surface area contributed by atoms with Crippen LogP contribution in [0.3, 0.4) is 0 Å². The van der Waals surface area contributed by atoms with Crippen LogP contribution in [0.2, 0.25) is 0 Å². The third-order valence-corrected chi connectivity index (χ3v) is 2.79. The second kappa shape index (κ2) is 6.11. The van der Waals surface area contributed by atoms with Crippen LogP contribution in [0.1, 0.15) is 40.5 Å². The minimum Gasteiger partial charge on any atom is -0.479 e. The van der Waals surface area contributed by atoms with Crippen LogP contribution in [0.5, 0.6) is 0 Å². The lowest BCUT2D eigenvalue weighted by Gasteiger charge is -2.27. The Kier molecular flexibility index (Phi) is 4.97. The Morgan fingerprint density at radius 3 is 2.40 bits per heavy atom. The molecule has 0 radical (unpaired) electrons. The summed E-state index contributed by atoms with van der Waals surface area (Å²) in [7, 11) is 0. The second-order valence-electron chi connectivity index (χ2n) is 5.75. The smallest absolute Gasteiger partial charge is 0.411 e. The van der Waals surface area contributed by atoms with Crippen molar-refractivity contribution in [2.45, 2.75) is 58.3 Å². The van der Waals surface area contributed by atoms with Crippen molar-refractivity contribution in [3.8, 4) is 0 Å². The summed E-state index contributed by atoms with van der Waals surface area (Å²) in [5.74, 6) is -1.93. The van der Waals surface area contributed by atoms with E-state index in [1.807, 2.05) is 0 Å². The predicted octanol–water partition coefficient (Wildman–Crippen LogP) is 1.40. The van der Waals surface area contributed by atoms with Gasteiger partial charge in [-0.15, -0.1) is 0 Å². The maximum Gasteiger partial charge on any atom is 0.411 e. The molecule has 1 amide bonds. The lowest BCUT2D eigenvalue weighted by atomic mass is 10.2. The standard InChI is InChI=1S/C13H21NO6/c1-8(10(15)16)19-11(17)9-6-5-7-14(9)12(18)20-13(2,3)4/h8-9H,5-7H2,1-4H3,(H,15,16)/t8-,9+/m1/s1. The molecule has 1 saturated heterocycles. The van der Waals surface area contributed by atoms with Gasteiger partial charge < -0.3 is 14.6 Å². The number of hydrogen-bond acceptors (Lipinski definition) is 5. The van der Waals surface area contributed by atoms with E-state index in [1.54, 1.807) is 20.8 Å². The molecule has 20 heavy (non-hydrogen) atoms. The fourth-order valence-corrected chi connectivity index (χ4v) is 1.85. The predicted molar refractivity (Wildman–Crippen MR) is 69.2 cm³/mol. The topological polar surface area (TPSA) is 93.1 Å². The van der Waals surface area contributed by atoms with Crippen LogP contribution < -0.4 is 0 Å². The first-order valence-electron chi connectivity index (χ1n) is 6.55. The maximum absolute atomic E-state index is 12.0. The van der Waals surface area contributed by atoms with Gasteiger partial charge in [-0.25, -0.2) is 14.4 Å². The summed E-state index contributed by atoms with van der Waals surface area (Å²) < 4.78 is 10.0. The summed E-state index contributed by atoms with van der Waals surface area (Å²) in [5, 5.41) is 8.72. The minimum atomic E-state index is -1.23. The number of aliphatic carboxylic acids is 1. The van der Waals surface area contributed by atoms with E-state index in [9.17, 15) is 14.4 Å². The van der Waals surface area contributed by atoms with Crippen molar-refractivity contribution in [1.82, 2.24) is 4.90 Å². The second-order valence-corrected chi connectivity index (χ2v) is 5.75. The van der Waals surface area contributed by atoms with Gasteiger partial charge in [0, 0.05) is 6.54 Å². The molecule has 0 aromatic heterocycles. The maximum atomic E-state index is 12.0. The van der Waals surface area contributed by atoms with Crippen LogP contribution in [-0.4, -0.2) is 52.3 Å². The molecule has 1 fully saturated rings. The fourth-order valence-electron chi connectivity index (χ4n) is 1.85. The summed E-state index contributed by atoms with van der Waals surface area (Å²) in [6, 6.07) is -0.772. The molecule has 0 unspecified atom stereocenters. The molecule has 1 N–H and O–H groups in total. The fraction of sp³-hybridized carbons (Fsp3) is 0.769. The number of likely N-dealkylation sites (tertiary alicyclic amines) is 1. The van der Waals surface area contributed by atoms with Crippen molar-refractivity contribution in [3.05, 3.63) is 0 Å². The molecular weight excluding hydrogens is 266 g/mol. The molecule has 7 nitrogen and oxygen atoms in total. The summed E-state index contributed by atoms with van der Waals surface area (Å²) in [6.07, 6.45) is -0.714. The van der Waals surface area contributed by atoms with Crippen LogP contribution in [0.4, 0.5) is 4.79 Å². The number of nitrogens with zero attached hydrogens (tertiary/aromatic N) is 1. The van der Waals surface area contributed by atoms with Gasteiger partial charge in [-0.2, -0.15) is 0 Å². The van der Waals surface area contributed by atoms with E-state index in [2.05, 4.69) is 0 Å². The van der Waals surface area contributed by atoms with Crippen molar-refractivity contribution in [1.29, 1.82) is 0 Å². The largest absolute Gasteiger partial charge is 0.479 e. The van der Waals surface area contributed by atoms with Gasteiger partial charge in [0.2, 0.25) is 0 Å². The Hall–Kier alpha value is -1.79. The third kappa shape index (κ3) is 4.40. The number of carboxylic acid groups (broad SMARTS) is 1. The van der Waals surface area contributed by atoms with Gasteiger partial charge >= 0.3 is 18.0 Å². The average molecular weight is 287 g/mol. The Balaban J connectivity index is 2.67. The van der Waals surface area contributed by atoms with E-state index in [1.165, 1.54) is 11.8 Å². The summed E-state index contributed by atoms with van der Waals surface area (Å²) in [6.45, 7) is 6.88. The van der Waals surface area contributed by atoms with Crippen LogP contribution >= 0.6 is 0 Å². The molecule has 1 aliphatic heterocycles. The monoisotopic (exact) mass is 287 g/mol. The van der Waals surface area contributed by atoms with Crippen molar-refractivity contribution >= 4 is 18.0 Å². The zero-order chi connectivity index (χ0) is 15.5. The lowest BCUT2D eigenvalue weighted by molar-refractivity contribution is -0.165. The van der Waals surface area contributed by atoms with Crippen LogP contribution in [0, 0.1) is 0 Å². The Morgan fingerprint density at radius 1 is 1.30 bits per heavy atom. The minimum absolute atomic E-state index is 0.399. The van der Waals surface area contributed by atoms with Crippen LogP contribution in [0.25, 0.3) is 0 Å².